The van der Waals surface area contributed by atoms with Gasteiger partial charge in [-0.15, -0.1) is 68.0 Å². The number of carboxylic acids is 2. The number of hydrogen-bond donors (Lipinski definition) is 8. The largest absolute Gasteiger partial charge is 0.481 e. The zero-order valence-corrected chi connectivity index (χ0v) is 56.4. The Balaban J connectivity index is 0.877. The molecule has 7 aromatic heterocycles. The van der Waals surface area contributed by atoms with E-state index in [-0.39, 0.29) is 59.9 Å². The van der Waals surface area contributed by atoms with E-state index in [0.29, 0.717) is 111 Å². The summed E-state index contributed by atoms with van der Waals surface area (Å²) in [5.74, 6) is -4.65. The van der Waals surface area contributed by atoms with Gasteiger partial charge in [0.05, 0.1) is 53.8 Å². The fraction of sp³-hybridized carbons (Fsp3) is 0.317. The Kier molecular flexibility index (Phi) is 22.5. The lowest BCUT2D eigenvalue weighted by Gasteiger charge is -2.28. The molecule has 95 heavy (non-hydrogen) atoms. The van der Waals surface area contributed by atoms with Crippen molar-refractivity contribution in [2.45, 2.75) is 96.4 Å². The van der Waals surface area contributed by atoms with E-state index in [1.807, 2.05) is 13.8 Å². The lowest BCUT2D eigenvalue weighted by Crippen LogP contribution is -2.40. The normalized spacial score (nSPS) is 15.1. The molecule has 0 spiro atoms. The second-order valence-corrected chi connectivity index (χ2v) is 28.0. The van der Waals surface area contributed by atoms with Crippen molar-refractivity contribution in [3.05, 3.63) is 147 Å². The van der Waals surface area contributed by atoms with Gasteiger partial charge in [0.25, 0.3) is 11.8 Å². The van der Waals surface area contributed by atoms with Gasteiger partial charge >= 0.3 is 18.0 Å². The van der Waals surface area contributed by atoms with E-state index in [4.69, 9.17) is 35.1 Å². The number of aromatic nitrogens is 7. The maximum Gasteiger partial charge on any atom is 0.416 e. The molecule has 32 heteroatoms. The number of carbonyl (C=O) groups excluding carboxylic acids is 6. The van der Waals surface area contributed by atoms with Gasteiger partial charge in [-0.05, 0) is 73.9 Å². The number of thiazole rings is 6. The molecule has 2 aromatic carbocycles. The molecule has 10 rings (SSSR count). The number of pyridine rings is 1. The number of aromatic carboxylic acids is 1. The molecule has 494 valence electrons. The van der Waals surface area contributed by atoms with Gasteiger partial charge < -0.3 is 51.8 Å². The Labute approximate surface area is 567 Å². The highest BCUT2D eigenvalue weighted by molar-refractivity contribution is 7.15. The van der Waals surface area contributed by atoms with Crippen LogP contribution in [-0.2, 0) is 37.0 Å². The van der Waals surface area contributed by atoms with Gasteiger partial charge in [-0.25, -0.2) is 44.5 Å². The third-order valence-corrected chi connectivity index (χ3v) is 21.0. The number of nitrogens with one attached hydrogen (secondary N) is 4. The third kappa shape index (κ3) is 16.6. The number of aliphatic hydroxyl groups excluding tert-OH is 1. The summed E-state index contributed by atoms with van der Waals surface area (Å²) >= 11 is 7.23. The first kappa shape index (κ1) is 68.9. The van der Waals surface area contributed by atoms with Crippen LogP contribution in [0.3, 0.4) is 0 Å². The average molecular weight is 1400 g/mol. The number of rotatable bonds is 27. The molecule has 26 nitrogen and oxygen atoms in total. The number of aldehydes is 1. The number of benzene rings is 2. The van der Waals surface area contributed by atoms with Crippen LogP contribution in [0.2, 0.25) is 0 Å². The van der Waals surface area contributed by atoms with Gasteiger partial charge in [0.1, 0.15) is 88.3 Å². The van der Waals surface area contributed by atoms with Crippen molar-refractivity contribution >= 4 is 122 Å². The minimum atomic E-state index is -1.32. The zero-order chi connectivity index (χ0) is 67.6. The second-order valence-electron chi connectivity index (χ2n) is 22.2. The van der Waals surface area contributed by atoms with Crippen LogP contribution in [0.1, 0.15) is 148 Å². The van der Waals surface area contributed by atoms with Crippen molar-refractivity contribution < 1.29 is 63.1 Å². The Bertz CT molecular complexity index is 4270. The summed E-state index contributed by atoms with van der Waals surface area (Å²) in [6.45, 7) is 4.91. The van der Waals surface area contributed by atoms with Gasteiger partial charge in [0.2, 0.25) is 11.8 Å². The number of anilines is 1. The summed E-state index contributed by atoms with van der Waals surface area (Å²) in [5.41, 5.74) is 9.83. The van der Waals surface area contributed by atoms with Crippen LogP contribution >= 0.6 is 68.0 Å². The van der Waals surface area contributed by atoms with Crippen molar-refractivity contribution in [3.63, 3.8) is 0 Å². The highest BCUT2D eigenvalue weighted by atomic mass is 32.1. The summed E-state index contributed by atoms with van der Waals surface area (Å²) in [5, 5.41) is 51.4. The van der Waals surface area contributed by atoms with Crippen molar-refractivity contribution in [1.82, 2.24) is 56.2 Å². The molecule has 0 saturated heterocycles. The number of nitrogens with zero attached hydrogens (tertiary/aromatic N) is 8. The summed E-state index contributed by atoms with van der Waals surface area (Å²) < 4.78 is 11.4. The molecule has 0 radical (unpaired) electrons. The topological polar surface area (TPSA) is 383 Å². The predicted molar refractivity (Wildman–Crippen MR) is 358 cm³/mol. The quantitative estimate of drug-likeness (QED) is 0.0222. The number of amides is 5. The number of hydrogen-bond acceptors (Lipinski definition) is 25. The van der Waals surface area contributed by atoms with E-state index < -0.39 is 78.5 Å². The summed E-state index contributed by atoms with van der Waals surface area (Å²) in [6, 6.07) is 15.7. The first-order valence-electron chi connectivity index (χ1n) is 29.5. The lowest BCUT2D eigenvalue weighted by molar-refractivity contribution is -0.143. The molecule has 1 aliphatic carbocycles. The summed E-state index contributed by atoms with van der Waals surface area (Å²) in [4.78, 5) is 139. The van der Waals surface area contributed by atoms with Gasteiger partial charge in [-0.1, -0.05) is 56.3 Å². The zero-order valence-electron chi connectivity index (χ0n) is 51.5. The highest BCUT2D eigenvalue weighted by Gasteiger charge is 2.34. The summed E-state index contributed by atoms with van der Waals surface area (Å²) in [7, 11) is 2.97. The maximum absolute atomic E-state index is 14.1. The van der Waals surface area contributed by atoms with Gasteiger partial charge in [0, 0.05) is 52.5 Å². The first-order valence-corrected chi connectivity index (χ1v) is 34.7. The van der Waals surface area contributed by atoms with E-state index in [0.717, 1.165) is 11.3 Å². The van der Waals surface area contributed by atoms with Crippen molar-refractivity contribution in [1.29, 1.82) is 0 Å². The first-order chi connectivity index (χ1) is 45.7. The number of nitrogens with two attached hydrogens (primary N) is 1. The van der Waals surface area contributed by atoms with Gasteiger partial charge in [-0.3, -0.25) is 33.7 Å². The number of ether oxygens (including phenoxy) is 2. The Morgan fingerprint density at radius 3 is 2.11 bits per heavy atom. The molecule has 1 unspecified atom stereocenters. The van der Waals surface area contributed by atoms with Crippen LogP contribution in [0.4, 0.5) is 10.6 Å². The van der Waals surface area contributed by atoms with E-state index in [1.165, 1.54) is 87.9 Å². The summed E-state index contributed by atoms with van der Waals surface area (Å²) in [6.07, 6.45) is -0.519. The number of methoxy groups -OCH3 is 1. The minimum absolute atomic E-state index is 0.00617. The molecule has 0 bridgehead atoms. The van der Waals surface area contributed by atoms with Gasteiger partial charge in [0.15, 0.2) is 6.29 Å². The lowest BCUT2D eigenvalue weighted by atomic mass is 9.87. The molecular formula is C63H63N13O13S6. The van der Waals surface area contributed by atoms with E-state index in [9.17, 15) is 53.7 Å². The Hall–Kier alpha value is -8.99. The molecule has 9 N–H and O–H groups in total. The number of carbonyl (C=O) groups is 8. The van der Waals surface area contributed by atoms with E-state index >= 15 is 0 Å². The molecule has 7 heterocycles. The average Bonchev–Trinajstić information content (AvgIpc) is 2.10. The number of aliphatic carboxylic acids is 1. The van der Waals surface area contributed by atoms with E-state index in [2.05, 4.69) is 36.2 Å². The molecule has 5 amide bonds. The van der Waals surface area contributed by atoms with Crippen LogP contribution in [-0.4, -0.2) is 125 Å². The molecule has 1 saturated carbocycles. The van der Waals surface area contributed by atoms with Crippen molar-refractivity contribution in [3.8, 4) is 43.4 Å². The van der Waals surface area contributed by atoms with Crippen LogP contribution in [0, 0.1) is 18.8 Å². The monoisotopic (exact) mass is 1400 g/mol. The molecular weight excluding hydrogens is 1340 g/mol. The van der Waals surface area contributed by atoms with Crippen molar-refractivity contribution in [2.75, 3.05) is 25.6 Å². The van der Waals surface area contributed by atoms with Crippen LogP contribution in [0.5, 0.6) is 0 Å². The van der Waals surface area contributed by atoms with E-state index in [1.54, 1.807) is 83.0 Å². The minimum Gasteiger partial charge on any atom is -0.481 e. The fourth-order valence-electron chi connectivity index (χ4n) is 10.1. The third-order valence-electron chi connectivity index (χ3n) is 15.2. The Morgan fingerprint density at radius 2 is 1.42 bits per heavy atom. The molecule has 0 aliphatic heterocycles. The second kappa shape index (κ2) is 31.0. The standard InChI is InChI=1S/C63H63N13O13S6/c1-30(2)47(73-54(82)48-31(3)94-56(74-48)39(64)21-45(78)65-4)60-75-50(43(95-60)25-88-5)53(81)66-22-46(79)72-51(52(80)33-9-7-6-8-10-33)59-70-42(28-92-59)58-69-41(27-91-58)49-38(55-67-36(24-77)26-90-55)19-20-40(68-49)57-71-44(29-93-57)76(23-32-11-13-34(14-12-32)61(83)84)63(87)89-37-17-15-35(16-18-37)62(85)86/h6-14,19-20,24,26-30,35,37,39,47,51-52,80H,15-18,21-23,25,64H2,1-5H3,(H,65,78)(H,66,81)(H,72,79)(H,73,82)(H,83,84)(H,85,86)/t35-,37-,39-,47?,51-,52-/m0/s1. The Morgan fingerprint density at radius 1 is 0.716 bits per heavy atom. The number of aryl methyl sites for hydroxylation is 1. The SMILES string of the molecule is CNC(=O)C[C@H](N)c1nc(C(=O)NC(c2nc(C(=O)NCC(=O)N[C@H](c3nc(-c4nc(-c5nc(-c6nc(N(Cc7ccc(C(=O)O)cc7)C(=O)O[C@H]7CC[C@H](C(=O)O)CC7)cs6)ccc5-c5nc(C=O)cs5)cs4)cs3)[C@@H](O)c3ccccc3)c(COC)s2)C(C)C)c(C)s1. The molecule has 1 fully saturated rings. The molecule has 4 atom stereocenters. The number of carboxylic acid groups (broad SMARTS) is 2. The van der Waals surface area contributed by atoms with Crippen LogP contribution < -0.4 is 31.9 Å². The molecule has 9 aromatic rings. The van der Waals surface area contributed by atoms with Gasteiger partial charge in [-0.2, -0.15) is 0 Å². The van der Waals surface area contributed by atoms with Crippen molar-refractivity contribution in [2.24, 2.45) is 17.6 Å². The fourth-order valence-corrected chi connectivity index (χ4v) is 15.6. The maximum atomic E-state index is 14.1. The van der Waals surface area contributed by atoms with Crippen LogP contribution in [0.25, 0.3) is 43.4 Å². The highest BCUT2D eigenvalue weighted by Crippen LogP contribution is 2.41. The molecule has 1 aliphatic rings. The van der Waals surface area contributed by atoms with Crippen LogP contribution in [0.15, 0.2) is 88.3 Å². The predicted octanol–water partition coefficient (Wildman–Crippen LogP) is 9.82. The smallest absolute Gasteiger partial charge is 0.416 e. The number of aliphatic hydroxyl groups is 1.